The van der Waals surface area contributed by atoms with Gasteiger partial charge in [-0.25, -0.2) is 0 Å². The fourth-order valence-electron chi connectivity index (χ4n) is 4.16. The number of carbonyl (C=O) groups is 2. The van der Waals surface area contributed by atoms with Gasteiger partial charge in [-0.05, 0) is 19.1 Å². The van der Waals surface area contributed by atoms with Crippen LogP contribution in [0, 0.1) is 0 Å². The highest BCUT2D eigenvalue weighted by Crippen LogP contribution is 2.34. The Morgan fingerprint density at radius 3 is 2.48 bits per heavy atom. The summed E-state index contributed by atoms with van der Waals surface area (Å²) in [6.45, 7) is 1.90. The lowest BCUT2D eigenvalue weighted by Crippen LogP contribution is -2.40. The Morgan fingerprint density at radius 2 is 1.67 bits per heavy atom. The number of benzene rings is 3. The zero-order valence-corrected chi connectivity index (χ0v) is 18.9. The number of para-hydroxylation sites is 2. The summed E-state index contributed by atoms with van der Waals surface area (Å²) in [6.07, 6.45) is 0.250. The van der Waals surface area contributed by atoms with E-state index in [1.807, 2.05) is 85.8 Å². The second kappa shape index (κ2) is 9.03. The van der Waals surface area contributed by atoms with E-state index in [9.17, 15) is 9.59 Å². The maximum atomic E-state index is 13.3. The second-order valence-corrected chi connectivity index (χ2v) is 8.90. The molecule has 1 aromatic heterocycles. The van der Waals surface area contributed by atoms with E-state index in [0.29, 0.717) is 10.7 Å². The molecule has 1 aliphatic rings. The number of hydrogen-bond acceptors (Lipinski definition) is 5. The zero-order chi connectivity index (χ0) is 22.8. The Labute approximate surface area is 196 Å². The van der Waals surface area contributed by atoms with E-state index in [0.717, 1.165) is 27.7 Å². The molecule has 0 spiro atoms. The lowest BCUT2D eigenvalue weighted by Gasteiger charge is -2.27. The molecule has 0 radical (unpaired) electrons. The van der Waals surface area contributed by atoms with Crippen LogP contribution in [0.15, 0.2) is 83.9 Å². The van der Waals surface area contributed by atoms with Crippen LogP contribution in [-0.2, 0) is 9.59 Å². The Kier molecular flexibility index (Phi) is 5.79. The second-order valence-electron chi connectivity index (χ2n) is 7.94. The van der Waals surface area contributed by atoms with Crippen molar-refractivity contribution in [2.45, 2.75) is 24.4 Å². The van der Waals surface area contributed by atoms with Crippen LogP contribution in [0.5, 0.6) is 0 Å². The summed E-state index contributed by atoms with van der Waals surface area (Å²) in [5.74, 6) is 0.0247. The fraction of sp³-hybridized carbons (Fsp3) is 0.154. The van der Waals surface area contributed by atoms with Gasteiger partial charge < -0.3 is 10.2 Å². The molecular weight excluding hydrogens is 432 g/mol. The number of amides is 2. The predicted molar refractivity (Wildman–Crippen MR) is 132 cm³/mol. The van der Waals surface area contributed by atoms with Gasteiger partial charge in [0.15, 0.2) is 0 Å². The molecule has 6 nitrogen and oxygen atoms in total. The molecule has 1 unspecified atom stereocenters. The number of fused-ring (bicyclic) bond motifs is 2. The number of hydrogen-bond donors (Lipinski definition) is 1. The van der Waals surface area contributed by atoms with Crippen molar-refractivity contribution in [3.63, 3.8) is 0 Å². The normalized spacial score (nSPS) is 15.6. The number of carbonyl (C=O) groups excluding carboxylic acids is 2. The van der Waals surface area contributed by atoms with Crippen LogP contribution in [0.3, 0.4) is 0 Å². The average Bonchev–Trinajstić information content (AvgIpc) is 2.97. The molecule has 0 saturated heterocycles. The number of nitrogens with zero attached hydrogens (tertiary/aromatic N) is 3. The third-order valence-electron chi connectivity index (χ3n) is 5.66. The highest BCUT2D eigenvalue weighted by atomic mass is 32.2. The van der Waals surface area contributed by atoms with Crippen molar-refractivity contribution in [3.05, 3.63) is 78.9 Å². The van der Waals surface area contributed by atoms with Gasteiger partial charge in [-0.3, -0.25) is 9.59 Å². The molecule has 1 N–H and O–H groups in total. The summed E-state index contributed by atoms with van der Waals surface area (Å²) in [5.41, 5.74) is 3.20. The van der Waals surface area contributed by atoms with Crippen LogP contribution in [0.25, 0.3) is 22.0 Å². The van der Waals surface area contributed by atoms with Crippen LogP contribution in [0.2, 0.25) is 0 Å². The van der Waals surface area contributed by atoms with Crippen molar-refractivity contribution in [2.75, 3.05) is 16.0 Å². The van der Waals surface area contributed by atoms with E-state index < -0.39 is 0 Å². The minimum Gasteiger partial charge on any atom is -0.324 e. The topological polar surface area (TPSA) is 75.2 Å². The van der Waals surface area contributed by atoms with Gasteiger partial charge >= 0.3 is 0 Å². The third kappa shape index (κ3) is 4.19. The maximum absolute atomic E-state index is 13.3. The highest BCUT2D eigenvalue weighted by molar-refractivity contribution is 8.00. The van der Waals surface area contributed by atoms with Gasteiger partial charge in [0.2, 0.25) is 11.8 Å². The molecule has 1 atom stereocenters. The van der Waals surface area contributed by atoms with Crippen molar-refractivity contribution >= 4 is 45.7 Å². The maximum Gasteiger partial charge on any atom is 0.237 e. The number of nitrogens with one attached hydrogen (secondary N) is 1. The monoisotopic (exact) mass is 454 g/mol. The molecule has 0 saturated carbocycles. The van der Waals surface area contributed by atoms with Gasteiger partial charge in [-0.2, -0.15) is 0 Å². The molecule has 0 fully saturated rings. The summed E-state index contributed by atoms with van der Waals surface area (Å²) in [6, 6.07) is 25.1. The van der Waals surface area contributed by atoms with Crippen molar-refractivity contribution < 1.29 is 9.59 Å². The van der Waals surface area contributed by atoms with Gasteiger partial charge in [-0.15, -0.1) is 10.2 Å². The largest absolute Gasteiger partial charge is 0.324 e. The zero-order valence-electron chi connectivity index (χ0n) is 18.1. The molecule has 33 heavy (non-hydrogen) atoms. The average molecular weight is 455 g/mol. The Bertz CT molecular complexity index is 1340. The molecule has 0 bridgehead atoms. The molecular formula is C26H22N4O2S. The number of anilines is 2. The molecule has 3 aromatic carbocycles. The summed E-state index contributed by atoms with van der Waals surface area (Å²) in [4.78, 5) is 27.3. The first-order valence-corrected chi connectivity index (χ1v) is 11.7. The molecule has 164 valence electrons. The van der Waals surface area contributed by atoms with Crippen molar-refractivity contribution in [2.24, 2.45) is 0 Å². The minimum atomic E-state index is -0.245. The van der Waals surface area contributed by atoms with E-state index in [1.165, 1.54) is 11.8 Å². The smallest absolute Gasteiger partial charge is 0.237 e. The highest BCUT2D eigenvalue weighted by Gasteiger charge is 2.29. The van der Waals surface area contributed by atoms with Crippen LogP contribution in [-0.4, -0.2) is 33.8 Å². The summed E-state index contributed by atoms with van der Waals surface area (Å²) < 4.78 is 0. The fourth-order valence-corrected chi connectivity index (χ4v) is 4.99. The third-order valence-corrected chi connectivity index (χ3v) is 6.63. The number of rotatable bonds is 4. The van der Waals surface area contributed by atoms with E-state index in [2.05, 4.69) is 15.5 Å². The van der Waals surface area contributed by atoms with Crippen molar-refractivity contribution in [1.82, 2.24) is 10.2 Å². The van der Waals surface area contributed by atoms with Crippen LogP contribution in [0.1, 0.15) is 13.3 Å². The van der Waals surface area contributed by atoms with Gasteiger partial charge in [0, 0.05) is 28.8 Å². The molecule has 5 rings (SSSR count). The van der Waals surface area contributed by atoms with E-state index >= 15 is 0 Å². The Balaban J connectivity index is 1.44. The molecule has 4 aromatic rings. The lowest BCUT2D eigenvalue weighted by atomic mass is 10.1. The van der Waals surface area contributed by atoms with E-state index in [1.54, 1.807) is 4.90 Å². The standard InChI is InChI=1S/C26H22N4O2S/c1-17-15-23(31)27-21-13-7-8-14-22(21)30(17)24(32)16-33-26-20-12-6-5-11-19(20)25(28-29-26)18-9-3-2-4-10-18/h2-14,17H,15-16H2,1H3,(H,27,31). The molecule has 0 aliphatic carbocycles. The van der Waals surface area contributed by atoms with Crippen LogP contribution in [0.4, 0.5) is 11.4 Å². The van der Waals surface area contributed by atoms with Crippen LogP contribution < -0.4 is 10.2 Å². The van der Waals surface area contributed by atoms with Crippen LogP contribution >= 0.6 is 11.8 Å². The minimum absolute atomic E-state index is 0.0746. The van der Waals surface area contributed by atoms with Gasteiger partial charge in [-0.1, -0.05) is 78.5 Å². The molecule has 2 amide bonds. The van der Waals surface area contributed by atoms with Crippen molar-refractivity contribution in [3.8, 4) is 11.3 Å². The first-order chi connectivity index (χ1) is 16.1. The van der Waals surface area contributed by atoms with E-state index in [4.69, 9.17) is 0 Å². The Hall–Kier alpha value is -3.71. The van der Waals surface area contributed by atoms with Gasteiger partial charge in [0.05, 0.1) is 17.1 Å². The van der Waals surface area contributed by atoms with E-state index in [-0.39, 0.29) is 30.0 Å². The predicted octanol–water partition coefficient (Wildman–Crippen LogP) is 5.15. The lowest BCUT2D eigenvalue weighted by molar-refractivity contribution is -0.117. The summed E-state index contributed by atoms with van der Waals surface area (Å²) in [5, 5.41) is 14.5. The van der Waals surface area contributed by atoms with Gasteiger partial charge in [0.1, 0.15) is 10.7 Å². The SMILES string of the molecule is CC1CC(=O)Nc2ccccc2N1C(=O)CSc1nnc(-c2ccccc2)c2ccccc12. The van der Waals surface area contributed by atoms with Crippen molar-refractivity contribution in [1.29, 1.82) is 0 Å². The molecule has 2 heterocycles. The van der Waals surface area contributed by atoms with Gasteiger partial charge in [0.25, 0.3) is 0 Å². The molecule has 1 aliphatic heterocycles. The number of thioether (sulfide) groups is 1. The summed E-state index contributed by atoms with van der Waals surface area (Å²) >= 11 is 1.37. The quantitative estimate of drug-likeness (QED) is 0.432. The molecule has 7 heteroatoms. The summed E-state index contributed by atoms with van der Waals surface area (Å²) in [7, 11) is 0. The number of aromatic nitrogens is 2. The first kappa shape index (κ1) is 21.2. The Morgan fingerprint density at radius 1 is 0.970 bits per heavy atom. The first-order valence-electron chi connectivity index (χ1n) is 10.8.